The van der Waals surface area contributed by atoms with Crippen molar-refractivity contribution in [3.63, 3.8) is 0 Å². The van der Waals surface area contributed by atoms with E-state index in [0.29, 0.717) is 6.42 Å². The summed E-state index contributed by atoms with van der Waals surface area (Å²) in [6.07, 6.45) is 1.74. The summed E-state index contributed by atoms with van der Waals surface area (Å²) in [6.45, 7) is 21.0. The summed E-state index contributed by atoms with van der Waals surface area (Å²) in [5, 5.41) is 5.91. The highest BCUT2D eigenvalue weighted by Crippen LogP contribution is 2.33. The first-order valence-corrected chi connectivity index (χ1v) is 13.2. The number of hydrogen-bond donors (Lipinski definition) is 2. The molecule has 0 fully saturated rings. The Morgan fingerprint density at radius 2 is 1.61 bits per heavy atom. The number of benzene rings is 1. The van der Waals surface area contributed by atoms with Crippen LogP contribution in [0.4, 0.5) is 4.79 Å². The number of amides is 3. The molecule has 1 aromatic carbocycles. The van der Waals surface area contributed by atoms with E-state index >= 15 is 0 Å². The molecule has 3 unspecified atom stereocenters. The lowest BCUT2D eigenvalue weighted by Crippen LogP contribution is -2.60. The van der Waals surface area contributed by atoms with Crippen LogP contribution in [0.15, 0.2) is 24.3 Å². The second-order valence-electron chi connectivity index (χ2n) is 11.8. The smallest absolute Gasteiger partial charge is 0.408 e. The van der Waals surface area contributed by atoms with Crippen molar-refractivity contribution < 1.29 is 19.1 Å². The minimum Gasteiger partial charge on any atom is -0.444 e. The molecule has 0 aliphatic rings. The molecule has 0 aliphatic carbocycles. The lowest BCUT2D eigenvalue weighted by Gasteiger charge is -2.45. The molecule has 0 radical (unpaired) electrons. The molecule has 3 amide bonds. The molecule has 0 bridgehead atoms. The second kappa shape index (κ2) is 13.1. The van der Waals surface area contributed by atoms with Gasteiger partial charge in [-0.15, -0.1) is 0 Å². The Bertz CT molecular complexity index is 889. The molecule has 1 rings (SSSR count). The summed E-state index contributed by atoms with van der Waals surface area (Å²) >= 11 is 0. The highest BCUT2D eigenvalue weighted by Gasteiger charge is 2.44. The van der Waals surface area contributed by atoms with Crippen LogP contribution in [0.1, 0.15) is 106 Å². The fourth-order valence-electron chi connectivity index (χ4n) is 4.13. The fraction of sp³-hybridized carbons (Fsp3) is 0.690. The number of alkyl carbamates (subject to hydrolysis) is 1. The van der Waals surface area contributed by atoms with Crippen molar-refractivity contribution in [1.82, 2.24) is 15.5 Å². The molecule has 0 spiro atoms. The van der Waals surface area contributed by atoms with E-state index in [1.807, 2.05) is 72.7 Å². The van der Waals surface area contributed by atoms with Gasteiger partial charge >= 0.3 is 6.09 Å². The van der Waals surface area contributed by atoms with E-state index in [9.17, 15) is 14.4 Å². The van der Waals surface area contributed by atoms with Crippen LogP contribution in [-0.4, -0.2) is 46.0 Å². The fourth-order valence-corrected chi connectivity index (χ4v) is 4.13. The first-order chi connectivity index (χ1) is 16.5. The lowest BCUT2D eigenvalue weighted by atomic mass is 9.90. The molecule has 204 valence electrons. The topological polar surface area (TPSA) is 87.7 Å². The maximum Gasteiger partial charge on any atom is 0.408 e. The van der Waals surface area contributed by atoms with Crippen molar-refractivity contribution in [2.45, 2.75) is 125 Å². The third-order valence-electron chi connectivity index (χ3n) is 6.33. The molecule has 0 saturated carbocycles. The zero-order valence-corrected chi connectivity index (χ0v) is 24.3. The number of carbonyl (C=O) groups is 3. The maximum atomic E-state index is 14.3. The van der Waals surface area contributed by atoms with Crippen molar-refractivity contribution in [2.24, 2.45) is 5.92 Å². The molecular weight excluding hydrogens is 454 g/mol. The van der Waals surface area contributed by atoms with E-state index in [4.69, 9.17) is 4.74 Å². The standard InChI is InChI=1S/C29H49N3O4/c1-12-15-21(6)30-25(33)24(22-17-14-16-20(5)18-22)32(29(10,11)13-2)26(34)23(19(3)4)31-27(35)36-28(7,8)9/h14,16-19,21,23-24H,12-13,15H2,1-11H3,(H,30,33)(H,31,35). The SMILES string of the molecule is CCCC(C)NC(=O)C(c1cccc(C)c1)N(C(=O)C(NC(=O)OC(C)(C)C)C(C)C)C(C)(C)CC. The Kier molecular flexibility index (Phi) is 11.5. The summed E-state index contributed by atoms with van der Waals surface area (Å²) < 4.78 is 5.45. The van der Waals surface area contributed by atoms with E-state index in [1.165, 1.54) is 0 Å². The van der Waals surface area contributed by atoms with E-state index in [2.05, 4.69) is 17.6 Å². The number of ether oxygens (including phenoxy) is 1. The minimum absolute atomic E-state index is 0.0303. The zero-order chi connectivity index (χ0) is 27.8. The third kappa shape index (κ3) is 9.14. The van der Waals surface area contributed by atoms with Crippen molar-refractivity contribution in [2.75, 3.05) is 0 Å². The number of nitrogens with zero attached hydrogens (tertiary/aromatic N) is 1. The number of nitrogens with one attached hydrogen (secondary N) is 2. The third-order valence-corrected chi connectivity index (χ3v) is 6.33. The zero-order valence-electron chi connectivity index (χ0n) is 24.3. The first-order valence-electron chi connectivity index (χ1n) is 13.2. The molecule has 2 N–H and O–H groups in total. The maximum absolute atomic E-state index is 14.3. The summed E-state index contributed by atoms with van der Waals surface area (Å²) in [5.41, 5.74) is 0.377. The lowest BCUT2D eigenvalue weighted by molar-refractivity contribution is -0.150. The quantitative estimate of drug-likeness (QED) is 0.393. The Morgan fingerprint density at radius 1 is 1.00 bits per heavy atom. The number of carbonyl (C=O) groups excluding carboxylic acids is 3. The monoisotopic (exact) mass is 503 g/mol. The van der Waals surface area contributed by atoms with Gasteiger partial charge in [0.25, 0.3) is 0 Å². The minimum atomic E-state index is -0.862. The van der Waals surface area contributed by atoms with Crippen LogP contribution in [0.5, 0.6) is 0 Å². The Balaban J connectivity index is 3.62. The second-order valence-corrected chi connectivity index (χ2v) is 11.8. The summed E-state index contributed by atoms with van der Waals surface area (Å²) in [5.74, 6) is -0.760. The van der Waals surface area contributed by atoms with Gasteiger partial charge in [-0.1, -0.05) is 63.9 Å². The normalized spacial score (nSPS) is 14.6. The van der Waals surface area contributed by atoms with Crippen LogP contribution < -0.4 is 10.6 Å². The predicted octanol–water partition coefficient (Wildman–Crippen LogP) is 5.91. The van der Waals surface area contributed by atoms with Gasteiger partial charge in [0, 0.05) is 11.6 Å². The van der Waals surface area contributed by atoms with E-state index in [-0.39, 0.29) is 23.8 Å². The average molecular weight is 504 g/mol. The molecule has 0 aromatic heterocycles. The van der Waals surface area contributed by atoms with Gasteiger partial charge in [0.1, 0.15) is 17.7 Å². The number of rotatable bonds is 11. The van der Waals surface area contributed by atoms with Crippen molar-refractivity contribution in [1.29, 1.82) is 0 Å². The van der Waals surface area contributed by atoms with Gasteiger partial charge in [-0.05, 0) is 72.8 Å². The van der Waals surface area contributed by atoms with E-state index < -0.39 is 29.3 Å². The summed E-state index contributed by atoms with van der Waals surface area (Å²) in [7, 11) is 0. The summed E-state index contributed by atoms with van der Waals surface area (Å²) in [4.78, 5) is 42.5. The highest BCUT2D eigenvalue weighted by atomic mass is 16.6. The van der Waals surface area contributed by atoms with Gasteiger partial charge in [0.2, 0.25) is 11.8 Å². The molecule has 7 nitrogen and oxygen atoms in total. The first kappa shape index (κ1) is 31.5. The molecule has 3 atom stereocenters. The van der Waals surface area contributed by atoms with Crippen molar-refractivity contribution >= 4 is 17.9 Å². The molecule has 0 heterocycles. The number of aryl methyl sites for hydroxylation is 1. The molecule has 0 saturated heterocycles. The van der Waals surface area contributed by atoms with Crippen molar-refractivity contribution in [3.05, 3.63) is 35.4 Å². The van der Waals surface area contributed by atoms with Crippen LogP contribution in [0.3, 0.4) is 0 Å². The Labute approximate surface area is 218 Å². The van der Waals surface area contributed by atoms with Gasteiger partial charge in [0.05, 0.1) is 0 Å². The van der Waals surface area contributed by atoms with Crippen LogP contribution in [0, 0.1) is 12.8 Å². The number of hydrogen-bond acceptors (Lipinski definition) is 4. The van der Waals surface area contributed by atoms with Crippen LogP contribution in [0.25, 0.3) is 0 Å². The van der Waals surface area contributed by atoms with Gasteiger partial charge in [-0.3, -0.25) is 9.59 Å². The molecule has 7 heteroatoms. The van der Waals surface area contributed by atoms with Gasteiger partial charge in [-0.25, -0.2) is 4.79 Å². The summed E-state index contributed by atoms with van der Waals surface area (Å²) in [6, 6.07) is 5.97. The molecular formula is C29H49N3O4. The van der Waals surface area contributed by atoms with Gasteiger partial charge in [-0.2, -0.15) is 0 Å². The van der Waals surface area contributed by atoms with E-state index in [0.717, 1.165) is 24.0 Å². The molecule has 0 aliphatic heterocycles. The molecule has 36 heavy (non-hydrogen) atoms. The van der Waals surface area contributed by atoms with Gasteiger partial charge in [0.15, 0.2) is 0 Å². The Morgan fingerprint density at radius 3 is 2.08 bits per heavy atom. The predicted molar refractivity (Wildman–Crippen MR) is 146 cm³/mol. The van der Waals surface area contributed by atoms with Crippen LogP contribution in [0.2, 0.25) is 0 Å². The average Bonchev–Trinajstić information content (AvgIpc) is 2.73. The largest absolute Gasteiger partial charge is 0.444 e. The van der Waals surface area contributed by atoms with Crippen LogP contribution in [-0.2, 0) is 14.3 Å². The van der Waals surface area contributed by atoms with E-state index in [1.54, 1.807) is 25.7 Å². The van der Waals surface area contributed by atoms with Crippen LogP contribution >= 0.6 is 0 Å². The highest BCUT2D eigenvalue weighted by molar-refractivity contribution is 5.93. The van der Waals surface area contributed by atoms with Gasteiger partial charge < -0.3 is 20.3 Å². The Hall–Kier alpha value is -2.57. The van der Waals surface area contributed by atoms with Crippen molar-refractivity contribution in [3.8, 4) is 0 Å². The molecule has 1 aromatic rings.